The van der Waals surface area contributed by atoms with Crippen molar-refractivity contribution in [1.29, 1.82) is 0 Å². The molecular formula is C16H17N5O2. The van der Waals surface area contributed by atoms with Crippen LogP contribution >= 0.6 is 0 Å². The van der Waals surface area contributed by atoms with Gasteiger partial charge in [-0.3, -0.25) is 4.90 Å². The molecule has 0 bridgehead atoms. The average Bonchev–Trinajstić information content (AvgIpc) is 3.15. The summed E-state index contributed by atoms with van der Waals surface area (Å²) in [6.45, 7) is 4.96. The van der Waals surface area contributed by atoms with E-state index >= 15 is 0 Å². The Bertz CT molecular complexity index is 825. The molecule has 3 aromatic rings. The molecule has 0 aliphatic carbocycles. The fourth-order valence-electron chi connectivity index (χ4n) is 3.01. The second kappa shape index (κ2) is 5.58. The van der Waals surface area contributed by atoms with Crippen molar-refractivity contribution in [2.45, 2.75) is 39.4 Å². The largest absolute Gasteiger partial charge is 0.424 e. The second-order valence-corrected chi connectivity index (χ2v) is 5.79. The standard InChI is InChI=1S/C16H17N5O2/c1-10-17-15(23-20-10)9-21-8-13-6-4-3-5-12(13)7-14(21)16-19-18-11(2)22-16/h3-6,14H,7-9H2,1-2H3/t14-/m0/s1. The van der Waals surface area contributed by atoms with Gasteiger partial charge in [0, 0.05) is 13.5 Å². The quantitative estimate of drug-likeness (QED) is 0.734. The summed E-state index contributed by atoms with van der Waals surface area (Å²) in [5, 5.41) is 12.0. The number of nitrogens with zero attached hydrogens (tertiary/aromatic N) is 5. The van der Waals surface area contributed by atoms with Crippen molar-refractivity contribution >= 4 is 0 Å². The van der Waals surface area contributed by atoms with Gasteiger partial charge in [-0.05, 0) is 24.5 Å². The minimum Gasteiger partial charge on any atom is -0.424 e. The molecule has 0 fully saturated rings. The number of aryl methyl sites for hydroxylation is 2. The maximum Gasteiger partial charge on any atom is 0.240 e. The van der Waals surface area contributed by atoms with E-state index in [1.807, 2.05) is 6.92 Å². The van der Waals surface area contributed by atoms with E-state index in [0.717, 1.165) is 13.0 Å². The predicted octanol–water partition coefficient (Wildman–Crippen LogP) is 2.37. The lowest BCUT2D eigenvalue weighted by molar-refractivity contribution is 0.121. The highest BCUT2D eigenvalue weighted by Crippen LogP contribution is 2.33. The van der Waals surface area contributed by atoms with E-state index in [2.05, 4.69) is 49.5 Å². The van der Waals surface area contributed by atoms with E-state index < -0.39 is 0 Å². The molecule has 7 heteroatoms. The molecule has 118 valence electrons. The van der Waals surface area contributed by atoms with E-state index in [1.165, 1.54) is 11.1 Å². The van der Waals surface area contributed by atoms with Gasteiger partial charge in [0.05, 0.1) is 12.6 Å². The van der Waals surface area contributed by atoms with Crippen molar-refractivity contribution in [3.63, 3.8) is 0 Å². The van der Waals surface area contributed by atoms with Gasteiger partial charge in [0.15, 0.2) is 5.82 Å². The molecule has 0 saturated heterocycles. The van der Waals surface area contributed by atoms with Crippen LogP contribution in [0.5, 0.6) is 0 Å². The summed E-state index contributed by atoms with van der Waals surface area (Å²) < 4.78 is 11.0. The number of benzene rings is 1. The monoisotopic (exact) mass is 311 g/mol. The highest BCUT2D eigenvalue weighted by Gasteiger charge is 2.32. The van der Waals surface area contributed by atoms with Crippen LogP contribution in [0.3, 0.4) is 0 Å². The lowest BCUT2D eigenvalue weighted by atomic mass is 9.94. The molecule has 0 unspecified atom stereocenters. The molecule has 0 amide bonds. The van der Waals surface area contributed by atoms with E-state index in [4.69, 9.17) is 8.94 Å². The Morgan fingerprint density at radius 1 is 1.17 bits per heavy atom. The fourth-order valence-corrected chi connectivity index (χ4v) is 3.01. The predicted molar refractivity (Wildman–Crippen MR) is 80.2 cm³/mol. The third-order valence-electron chi connectivity index (χ3n) is 4.08. The van der Waals surface area contributed by atoms with Gasteiger partial charge in [0.25, 0.3) is 0 Å². The SMILES string of the molecule is Cc1noc(CN2Cc3ccccc3C[C@H]2c2nnc(C)o2)n1. The van der Waals surface area contributed by atoms with Crippen LogP contribution in [0.25, 0.3) is 0 Å². The number of rotatable bonds is 3. The van der Waals surface area contributed by atoms with Gasteiger partial charge in [0.1, 0.15) is 0 Å². The van der Waals surface area contributed by atoms with E-state index in [9.17, 15) is 0 Å². The Hall–Kier alpha value is -2.54. The molecule has 0 saturated carbocycles. The summed E-state index contributed by atoms with van der Waals surface area (Å²) in [5.74, 6) is 2.45. The number of hydrogen-bond acceptors (Lipinski definition) is 7. The zero-order valence-corrected chi connectivity index (χ0v) is 13.1. The molecule has 1 atom stereocenters. The van der Waals surface area contributed by atoms with Crippen molar-refractivity contribution in [3.05, 3.63) is 58.9 Å². The molecule has 1 aromatic carbocycles. The fraction of sp³-hybridized carbons (Fsp3) is 0.375. The normalized spacial score (nSPS) is 18.1. The zero-order valence-electron chi connectivity index (χ0n) is 13.1. The molecule has 0 N–H and O–H groups in total. The van der Waals surface area contributed by atoms with Gasteiger partial charge < -0.3 is 8.94 Å². The van der Waals surface area contributed by atoms with Gasteiger partial charge in [-0.1, -0.05) is 29.4 Å². The van der Waals surface area contributed by atoms with Gasteiger partial charge in [-0.25, -0.2) is 0 Å². The van der Waals surface area contributed by atoms with Crippen LogP contribution < -0.4 is 0 Å². The molecule has 7 nitrogen and oxygen atoms in total. The Kier molecular flexibility index (Phi) is 3.42. The molecule has 0 spiro atoms. The molecule has 2 aromatic heterocycles. The van der Waals surface area contributed by atoms with Crippen LogP contribution in [0.15, 0.2) is 33.2 Å². The molecule has 4 rings (SSSR count). The lowest BCUT2D eigenvalue weighted by Gasteiger charge is -2.33. The van der Waals surface area contributed by atoms with E-state index in [-0.39, 0.29) is 6.04 Å². The molecule has 1 aliphatic rings. The first-order valence-corrected chi connectivity index (χ1v) is 7.59. The minimum absolute atomic E-state index is 0.0123. The second-order valence-electron chi connectivity index (χ2n) is 5.79. The van der Waals surface area contributed by atoms with Gasteiger partial charge in [-0.15, -0.1) is 10.2 Å². The summed E-state index contributed by atoms with van der Waals surface area (Å²) in [6.07, 6.45) is 0.824. The molecule has 0 radical (unpaired) electrons. The molecule has 23 heavy (non-hydrogen) atoms. The third kappa shape index (κ3) is 2.75. The van der Waals surface area contributed by atoms with Crippen molar-refractivity contribution < 1.29 is 8.94 Å². The molecular weight excluding hydrogens is 294 g/mol. The number of hydrogen-bond donors (Lipinski definition) is 0. The molecule has 1 aliphatic heterocycles. The zero-order chi connectivity index (χ0) is 15.8. The summed E-state index contributed by atoms with van der Waals surface area (Å²) in [6, 6.07) is 8.44. The first-order chi connectivity index (χ1) is 11.2. The van der Waals surface area contributed by atoms with Crippen LogP contribution in [0.1, 0.15) is 40.7 Å². The number of fused-ring (bicyclic) bond motifs is 1. The minimum atomic E-state index is 0.0123. The van der Waals surface area contributed by atoms with Crippen LogP contribution in [0, 0.1) is 13.8 Å². The Labute approximate surface area is 133 Å². The van der Waals surface area contributed by atoms with Crippen molar-refractivity contribution in [2.24, 2.45) is 0 Å². The Morgan fingerprint density at radius 3 is 2.70 bits per heavy atom. The first kappa shape index (κ1) is 14.1. The van der Waals surface area contributed by atoms with E-state index in [0.29, 0.717) is 30.0 Å². The van der Waals surface area contributed by atoms with Crippen LogP contribution in [-0.2, 0) is 19.5 Å². The maximum absolute atomic E-state index is 5.68. The summed E-state index contributed by atoms with van der Waals surface area (Å²) >= 11 is 0. The highest BCUT2D eigenvalue weighted by atomic mass is 16.5. The van der Waals surface area contributed by atoms with Crippen LogP contribution in [0.4, 0.5) is 0 Å². The smallest absolute Gasteiger partial charge is 0.240 e. The van der Waals surface area contributed by atoms with Gasteiger partial charge >= 0.3 is 0 Å². The maximum atomic E-state index is 5.68. The summed E-state index contributed by atoms with van der Waals surface area (Å²) in [5.41, 5.74) is 2.61. The van der Waals surface area contributed by atoms with Crippen molar-refractivity contribution in [1.82, 2.24) is 25.2 Å². The first-order valence-electron chi connectivity index (χ1n) is 7.59. The Morgan fingerprint density at radius 2 is 2.00 bits per heavy atom. The molecule has 3 heterocycles. The topological polar surface area (TPSA) is 81.1 Å². The average molecular weight is 311 g/mol. The van der Waals surface area contributed by atoms with Gasteiger partial charge in [-0.2, -0.15) is 4.98 Å². The van der Waals surface area contributed by atoms with Gasteiger partial charge in [0.2, 0.25) is 17.7 Å². The van der Waals surface area contributed by atoms with Crippen molar-refractivity contribution in [2.75, 3.05) is 0 Å². The van der Waals surface area contributed by atoms with Crippen molar-refractivity contribution in [3.8, 4) is 0 Å². The summed E-state index contributed by atoms with van der Waals surface area (Å²) in [7, 11) is 0. The number of aromatic nitrogens is 4. The lowest BCUT2D eigenvalue weighted by Crippen LogP contribution is -2.34. The third-order valence-corrected chi connectivity index (χ3v) is 4.08. The Balaban J connectivity index is 1.68. The highest BCUT2D eigenvalue weighted by molar-refractivity contribution is 5.30. The van der Waals surface area contributed by atoms with Crippen LogP contribution in [-0.4, -0.2) is 25.2 Å². The van der Waals surface area contributed by atoms with E-state index in [1.54, 1.807) is 6.92 Å². The summed E-state index contributed by atoms with van der Waals surface area (Å²) in [4.78, 5) is 6.55. The van der Waals surface area contributed by atoms with Crippen LogP contribution in [0.2, 0.25) is 0 Å².